The van der Waals surface area contributed by atoms with Crippen LogP contribution in [0.15, 0.2) is 59.5 Å². The van der Waals surface area contributed by atoms with Gasteiger partial charge in [-0.25, -0.2) is 13.2 Å². The molecule has 0 bridgehead atoms. The van der Waals surface area contributed by atoms with Gasteiger partial charge in [-0.15, -0.1) is 0 Å². The molecule has 1 saturated carbocycles. The van der Waals surface area contributed by atoms with Crippen LogP contribution in [0.5, 0.6) is 0 Å². The molecule has 7 nitrogen and oxygen atoms in total. The summed E-state index contributed by atoms with van der Waals surface area (Å²) in [5.74, 6) is -0.986. The van der Waals surface area contributed by atoms with Gasteiger partial charge in [0, 0.05) is 13.1 Å². The summed E-state index contributed by atoms with van der Waals surface area (Å²) in [7, 11) is -2.29. The van der Waals surface area contributed by atoms with Crippen LogP contribution < -0.4 is 9.62 Å². The Labute approximate surface area is 183 Å². The summed E-state index contributed by atoms with van der Waals surface area (Å²) >= 11 is 0. The molecule has 0 radical (unpaired) electrons. The molecule has 1 N–H and O–H groups in total. The highest BCUT2D eigenvalue weighted by Crippen LogP contribution is 2.22. The van der Waals surface area contributed by atoms with Crippen LogP contribution in [0.3, 0.4) is 0 Å². The molecule has 2 aromatic rings. The van der Waals surface area contributed by atoms with Crippen LogP contribution in [0.2, 0.25) is 0 Å². The van der Waals surface area contributed by atoms with E-state index in [4.69, 9.17) is 4.74 Å². The number of ether oxygens (including phenoxy) is 1. The highest BCUT2D eigenvalue weighted by Gasteiger charge is 2.22. The monoisotopic (exact) mass is 444 g/mol. The summed E-state index contributed by atoms with van der Waals surface area (Å²) in [6.07, 6.45) is 6.47. The number of carbonyl (C=O) groups excluding carboxylic acids is 2. The molecule has 0 heterocycles. The zero-order chi connectivity index (χ0) is 22.3. The van der Waals surface area contributed by atoms with Gasteiger partial charge in [0.1, 0.15) is 0 Å². The number of esters is 1. The van der Waals surface area contributed by atoms with E-state index in [1.165, 1.54) is 48.5 Å². The van der Waals surface area contributed by atoms with E-state index in [0.29, 0.717) is 5.69 Å². The average molecular weight is 445 g/mol. The van der Waals surface area contributed by atoms with Crippen LogP contribution in [0, 0.1) is 0 Å². The number of benzene rings is 2. The number of hydrogen-bond acceptors (Lipinski definition) is 5. The lowest BCUT2D eigenvalue weighted by Gasteiger charge is -2.19. The van der Waals surface area contributed by atoms with E-state index in [-0.39, 0.29) is 29.0 Å². The maximum atomic E-state index is 12.8. The first-order valence-corrected chi connectivity index (χ1v) is 11.9. The van der Waals surface area contributed by atoms with Gasteiger partial charge < -0.3 is 10.1 Å². The van der Waals surface area contributed by atoms with Crippen LogP contribution in [0.4, 0.5) is 5.69 Å². The normalized spacial score (nSPS) is 15.0. The van der Waals surface area contributed by atoms with E-state index in [9.17, 15) is 18.0 Å². The summed E-state index contributed by atoms with van der Waals surface area (Å²) in [4.78, 5) is 24.4. The number of amides is 1. The van der Waals surface area contributed by atoms with E-state index >= 15 is 0 Å². The Kier molecular flexibility index (Phi) is 7.68. The number of nitrogens with zero attached hydrogens (tertiary/aromatic N) is 1. The van der Waals surface area contributed by atoms with Crippen molar-refractivity contribution in [1.29, 1.82) is 0 Å². The minimum Gasteiger partial charge on any atom is -0.452 e. The van der Waals surface area contributed by atoms with E-state index in [2.05, 4.69) is 5.32 Å². The summed E-state index contributed by atoms with van der Waals surface area (Å²) < 4.78 is 31.9. The van der Waals surface area contributed by atoms with Gasteiger partial charge >= 0.3 is 5.97 Å². The van der Waals surface area contributed by atoms with Crippen molar-refractivity contribution in [3.63, 3.8) is 0 Å². The minimum atomic E-state index is -3.76. The predicted molar refractivity (Wildman–Crippen MR) is 118 cm³/mol. The number of para-hydroxylation sites is 1. The Balaban J connectivity index is 1.56. The number of rotatable bonds is 7. The second-order valence-electron chi connectivity index (χ2n) is 7.66. The Bertz CT molecular complexity index is 982. The topological polar surface area (TPSA) is 92.8 Å². The highest BCUT2D eigenvalue weighted by molar-refractivity contribution is 7.92. The maximum Gasteiger partial charge on any atom is 0.338 e. The summed E-state index contributed by atoms with van der Waals surface area (Å²) in [5, 5.41) is 2.92. The number of hydrogen-bond donors (Lipinski definition) is 1. The van der Waals surface area contributed by atoms with E-state index < -0.39 is 16.0 Å². The van der Waals surface area contributed by atoms with E-state index in [1.807, 2.05) is 0 Å². The first-order chi connectivity index (χ1) is 14.9. The molecule has 2 aromatic carbocycles. The van der Waals surface area contributed by atoms with Crippen molar-refractivity contribution >= 4 is 27.6 Å². The number of carbonyl (C=O) groups is 2. The minimum absolute atomic E-state index is 0.0570. The smallest absolute Gasteiger partial charge is 0.338 e. The predicted octanol–water partition coefficient (Wildman–Crippen LogP) is 3.51. The molecule has 0 atom stereocenters. The number of nitrogens with one attached hydrogen (secondary N) is 1. The van der Waals surface area contributed by atoms with Crippen molar-refractivity contribution in [2.45, 2.75) is 49.5 Å². The second-order valence-corrected chi connectivity index (χ2v) is 9.63. The summed E-state index contributed by atoms with van der Waals surface area (Å²) in [6.45, 7) is -0.355. The quantitative estimate of drug-likeness (QED) is 0.521. The molecule has 1 aliphatic carbocycles. The van der Waals surface area contributed by atoms with Gasteiger partial charge in [0.2, 0.25) is 0 Å². The fraction of sp³-hybridized carbons (Fsp3) is 0.391. The largest absolute Gasteiger partial charge is 0.452 e. The van der Waals surface area contributed by atoms with Crippen LogP contribution in [-0.2, 0) is 19.6 Å². The number of sulfonamides is 1. The van der Waals surface area contributed by atoms with Crippen molar-refractivity contribution in [2.24, 2.45) is 0 Å². The highest BCUT2D eigenvalue weighted by atomic mass is 32.2. The van der Waals surface area contributed by atoms with Crippen molar-refractivity contribution < 1.29 is 22.7 Å². The third-order valence-corrected chi connectivity index (χ3v) is 7.22. The van der Waals surface area contributed by atoms with Crippen molar-refractivity contribution in [2.75, 3.05) is 18.0 Å². The van der Waals surface area contributed by atoms with Crippen LogP contribution >= 0.6 is 0 Å². The van der Waals surface area contributed by atoms with Crippen molar-refractivity contribution in [3.8, 4) is 0 Å². The zero-order valence-electron chi connectivity index (χ0n) is 17.6. The van der Waals surface area contributed by atoms with Gasteiger partial charge in [-0.05, 0) is 49.2 Å². The first kappa shape index (κ1) is 22.8. The van der Waals surface area contributed by atoms with Crippen molar-refractivity contribution in [1.82, 2.24) is 5.32 Å². The molecule has 0 saturated heterocycles. The summed E-state index contributed by atoms with van der Waals surface area (Å²) in [5.41, 5.74) is 0.717. The summed E-state index contributed by atoms with van der Waals surface area (Å²) in [6, 6.07) is 14.3. The molecule has 0 aromatic heterocycles. The van der Waals surface area contributed by atoms with E-state index in [1.54, 1.807) is 30.3 Å². The molecular formula is C23H28N2O5S. The molecule has 1 amide bonds. The molecule has 166 valence electrons. The number of anilines is 1. The van der Waals surface area contributed by atoms with Crippen LogP contribution in [0.1, 0.15) is 48.9 Å². The fourth-order valence-corrected chi connectivity index (χ4v) is 4.80. The lowest BCUT2D eigenvalue weighted by molar-refractivity contribution is -0.125. The molecule has 0 aliphatic heterocycles. The lowest BCUT2D eigenvalue weighted by Crippen LogP contribution is -2.37. The van der Waals surface area contributed by atoms with Gasteiger partial charge in [-0.3, -0.25) is 9.10 Å². The molecule has 1 aliphatic rings. The zero-order valence-corrected chi connectivity index (χ0v) is 18.4. The van der Waals surface area contributed by atoms with Gasteiger partial charge in [0.05, 0.1) is 16.1 Å². The first-order valence-electron chi connectivity index (χ1n) is 10.5. The second kappa shape index (κ2) is 10.4. The molecule has 0 unspecified atom stereocenters. The Hall–Kier alpha value is -2.87. The van der Waals surface area contributed by atoms with E-state index in [0.717, 1.165) is 25.7 Å². The Morgan fingerprint density at radius 3 is 2.19 bits per heavy atom. The average Bonchev–Trinajstić information content (AvgIpc) is 3.06. The third kappa shape index (κ3) is 6.07. The van der Waals surface area contributed by atoms with Gasteiger partial charge in [-0.1, -0.05) is 43.9 Å². The van der Waals surface area contributed by atoms with Gasteiger partial charge in [0.15, 0.2) is 6.61 Å². The molecular weight excluding hydrogens is 416 g/mol. The SMILES string of the molecule is CN(c1ccccc1)S(=O)(=O)c1ccc(C(=O)OCC(=O)NC2CCCCCC2)cc1. The fourth-order valence-electron chi connectivity index (χ4n) is 3.61. The molecule has 3 rings (SSSR count). The molecule has 31 heavy (non-hydrogen) atoms. The molecule has 1 fully saturated rings. The third-order valence-electron chi connectivity index (χ3n) is 5.42. The lowest BCUT2D eigenvalue weighted by atomic mass is 10.1. The van der Waals surface area contributed by atoms with Crippen LogP contribution in [0.25, 0.3) is 0 Å². The molecule has 0 spiro atoms. The standard InChI is InChI=1S/C23H28N2O5S/c1-25(20-11-7-4-8-12-20)31(28,29)21-15-13-18(14-16-21)23(27)30-17-22(26)24-19-9-5-2-3-6-10-19/h4,7-8,11-16,19H,2-3,5-6,9-10,17H2,1H3,(H,24,26). The van der Waals surface area contributed by atoms with Gasteiger partial charge in [-0.2, -0.15) is 0 Å². The Morgan fingerprint density at radius 2 is 1.58 bits per heavy atom. The van der Waals surface area contributed by atoms with Crippen molar-refractivity contribution in [3.05, 3.63) is 60.2 Å². The molecule has 8 heteroatoms. The Morgan fingerprint density at radius 1 is 0.968 bits per heavy atom. The van der Waals surface area contributed by atoms with Gasteiger partial charge in [0.25, 0.3) is 15.9 Å². The maximum absolute atomic E-state index is 12.8. The van der Waals surface area contributed by atoms with Crippen LogP contribution in [-0.4, -0.2) is 40.0 Å².